The van der Waals surface area contributed by atoms with Crippen LogP contribution in [-0.2, 0) is 15.1 Å². The third kappa shape index (κ3) is 2.45. The normalized spacial score (nSPS) is 33.3. The molecule has 5 atom stereocenters. The summed E-state index contributed by atoms with van der Waals surface area (Å²) in [5.74, 6) is 0. The van der Waals surface area contributed by atoms with E-state index in [4.69, 9.17) is 9.47 Å². The van der Waals surface area contributed by atoms with Crippen LogP contribution in [0.25, 0.3) is 0 Å². The summed E-state index contributed by atoms with van der Waals surface area (Å²) in [5.41, 5.74) is -0.825. The van der Waals surface area contributed by atoms with Gasteiger partial charge in [-0.3, -0.25) is 14.3 Å². The molecule has 4 rings (SSSR count). The molecule has 1 aromatic heterocycles. The van der Waals surface area contributed by atoms with Crippen LogP contribution in [0.15, 0.2) is 46.1 Å². The fourth-order valence-electron chi connectivity index (χ4n) is 3.89. The van der Waals surface area contributed by atoms with Gasteiger partial charge in [0.1, 0.15) is 30.1 Å². The molecule has 8 nitrogen and oxygen atoms in total. The number of ether oxygens (including phenoxy) is 2. The largest absolute Gasteiger partial charge is 0.394 e. The maximum Gasteiger partial charge on any atom is 0.330 e. The first-order valence-corrected chi connectivity index (χ1v) is 8.46. The molecule has 138 valence electrons. The van der Waals surface area contributed by atoms with Gasteiger partial charge in [-0.15, -0.1) is 0 Å². The molecule has 3 N–H and O–H groups in total. The lowest BCUT2D eigenvalue weighted by atomic mass is 9.86. The number of aliphatic hydroxyl groups excluding tert-OH is 2. The van der Waals surface area contributed by atoms with Gasteiger partial charge in [0.2, 0.25) is 0 Å². The van der Waals surface area contributed by atoms with Crippen LogP contribution >= 0.6 is 0 Å². The molecule has 0 saturated carbocycles. The molecule has 2 fully saturated rings. The van der Waals surface area contributed by atoms with E-state index in [2.05, 4.69) is 4.98 Å². The van der Waals surface area contributed by atoms with Crippen molar-refractivity contribution in [3.05, 3.63) is 68.5 Å². The van der Waals surface area contributed by atoms with Gasteiger partial charge in [0, 0.05) is 18.2 Å². The molecular weight excluding hydrogens is 340 g/mol. The number of hydrogen-bond donors (Lipinski definition) is 3. The van der Waals surface area contributed by atoms with Crippen molar-refractivity contribution in [1.29, 1.82) is 0 Å². The second kappa shape index (κ2) is 6.17. The van der Waals surface area contributed by atoms with Gasteiger partial charge in [-0.2, -0.15) is 0 Å². The molecule has 0 aliphatic carbocycles. The number of nitrogens with zero attached hydrogens (tertiary/aromatic N) is 1. The number of nitrogens with one attached hydrogen (secondary N) is 1. The molecule has 2 saturated heterocycles. The Bertz CT molecular complexity index is 923. The minimum absolute atomic E-state index is 0.265. The highest BCUT2D eigenvalue weighted by atomic mass is 16.6. The van der Waals surface area contributed by atoms with Gasteiger partial charge in [-0.25, -0.2) is 4.79 Å². The number of aromatic nitrogens is 2. The molecule has 0 radical (unpaired) electrons. The zero-order valence-electron chi connectivity index (χ0n) is 14.2. The topological polar surface area (TPSA) is 114 Å². The Morgan fingerprint density at radius 2 is 2.04 bits per heavy atom. The Labute approximate surface area is 148 Å². The van der Waals surface area contributed by atoms with Gasteiger partial charge in [0.15, 0.2) is 0 Å². The highest BCUT2D eigenvalue weighted by molar-refractivity contribution is 5.29. The number of rotatable bonds is 3. The van der Waals surface area contributed by atoms with Gasteiger partial charge in [0.25, 0.3) is 5.56 Å². The summed E-state index contributed by atoms with van der Waals surface area (Å²) in [6, 6.07) is 9.31. The molecule has 2 aliphatic rings. The fourth-order valence-corrected chi connectivity index (χ4v) is 3.89. The average molecular weight is 360 g/mol. The van der Waals surface area contributed by atoms with E-state index in [-0.39, 0.29) is 13.0 Å². The number of benzene rings is 1. The van der Waals surface area contributed by atoms with Crippen LogP contribution in [0.3, 0.4) is 0 Å². The van der Waals surface area contributed by atoms with E-state index >= 15 is 0 Å². The molecule has 2 aliphatic heterocycles. The molecule has 26 heavy (non-hydrogen) atoms. The highest BCUT2D eigenvalue weighted by Crippen LogP contribution is 2.52. The standard InChI is InChI=1S/C18H20N2O6/c1-10-8-20(17(24)19-16(10)23)13-7-18(11-5-3-2-4-6-11)15(25-13)14(22)12(9-21)26-18/h2-6,8,12-15,21-22H,7,9H2,1H3,(H,19,23,24)/t12-,13+,14-,15-,18+/m1/s1. The number of aryl methyl sites for hydroxylation is 1. The Morgan fingerprint density at radius 3 is 2.73 bits per heavy atom. The predicted octanol–water partition coefficient (Wildman–Crippen LogP) is -0.220. The molecule has 0 spiro atoms. The highest BCUT2D eigenvalue weighted by Gasteiger charge is 2.62. The van der Waals surface area contributed by atoms with Crippen molar-refractivity contribution in [2.24, 2.45) is 0 Å². The molecule has 1 aromatic carbocycles. The second-order valence-electron chi connectivity index (χ2n) is 6.78. The lowest BCUT2D eigenvalue weighted by Gasteiger charge is -2.27. The first-order valence-electron chi connectivity index (χ1n) is 8.46. The third-order valence-corrected chi connectivity index (χ3v) is 5.19. The summed E-state index contributed by atoms with van der Waals surface area (Å²) in [4.78, 5) is 26.1. The van der Waals surface area contributed by atoms with E-state index in [1.165, 1.54) is 10.8 Å². The molecule has 2 aromatic rings. The second-order valence-corrected chi connectivity index (χ2v) is 6.78. The Morgan fingerprint density at radius 1 is 1.31 bits per heavy atom. The minimum atomic E-state index is -1.04. The van der Waals surface area contributed by atoms with Crippen molar-refractivity contribution < 1.29 is 19.7 Å². The number of hydrogen-bond acceptors (Lipinski definition) is 6. The van der Waals surface area contributed by atoms with Gasteiger partial charge in [0.05, 0.1) is 6.61 Å². The van der Waals surface area contributed by atoms with Crippen LogP contribution in [0.4, 0.5) is 0 Å². The molecule has 0 unspecified atom stereocenters. The monoisotopic (exact) mass is 360 g/mol. The van der Waals surface area contributed by atoms with E-state index in [1.807, 2.05) is 30.3 Å². The third-order valence-electron chi connectivity index (χ3n) is 5.19. The zero-order chi connectivity index (χ0) is 18.5. The average Bonchev–Trinajstić information content (AvgIpc) is 3.14. The Balaban J connectivity index is 1.78. The number of aliphatic hydroxyl groups is 2. The van der Waals surface area contributed by atoms with Crippen molar-refractivity contribution in [3.8, 4) is 0 Å². The number of aromatic amines is 1. The predicted molar refractivity (Wildman–Crippen MR) is 90.7 cm³/mol. The van der Waals surface area contributed by atoms with Gasteiger partial charge in [-0.1, -0.05) is 30.3 Å². The van der Waals surface area contributed by atoms with Crippen molar-refractivity contribution in [2.75, 3.05) is 6.61 Å². The van der Waals surface area contributed by atoms with E-state index in [9.17, 15) is 19.8 Å². The zero-order valence-corrected chi connectivity index (χ0v) is 14.2. The fraction of sp³-hybridized carbons (Fsp3) is 0.444. The Hall–Kier alpha value is -2.26. The van der Waals surface area contributed by atoms with Crippen molar-refractivity contribution >= 4 is 0 Å². The van der Waals surface area contributed by atoms with Gasteiger partial charge in [-0.05, 0) is 12.5 Å². The van der Waals surface area contributed by atoms with Crippen LogP contribution in [0, 0.1) is 6.92 Å². The molecule has 0 amide bonds. The SMILES string of the molecule is Cc1cn([C@@H]2C[C@@]3(c4ccccc4)O[C@H](CO)[C@@H](O)[C@H]3O2)c(=O)[nH]c1=O. The molecular formula is C18H20N2O6. The van der Waals surface area contributed by atoms with Crippen LogP contribution in [0.1, 0.15) is 23.8 Å². The summed E-state index contributed by atoms with van der Waals surface area (Å²) in [5, 5.41) is 20.1. The maximum atomic E-state index is 12.2. The van der Waals surface area contributed by atoms with Crippen LogP contribution in [0.2, 0.25) is 0 Å². The van der Waals surface area contributed by atoms with Crippen molar-refractivity contribution in [1.82, 2.24) is 9.55 Å². The van der Waals surface area contributed by atoms with E-state index in [0.29, 0.717) is 5.56 Å². The number of H-pyrrole nitrogens is 1. The summed E-state index contributed by atoms with van der Waals surface area (Å²) in [7, 11) is 0. The smallest absolute Gasteiger partial charge is 0.330 e. The van der Waals surface area contributed by atoms with Crippen LogP contribution < -0.4 is 11.2 Å². The van der Waals surface area contributed by atoms with Gasteiger partial charge < -0.3 is 19.7 Å². The lowest BCUT2D eigenvalue weighted by Crippen LogP contribution is -2.37. The van der Waals surface area contributed by atoms with E-state index < -0.39 is 41.4 Å². The van der Waals surface area contributed by atoms with Crippen molar-refractivity contribution in [3.63, 3.8) is 0 Å². The summed E-state index contributed by atoms with van der Waals surface area (Å²) in [6.07, 6.45) is -1.55. The maximum absolute atomic E-state index is 12.2. The minimum Gasteiger partial charge on any atom is -0.394 e. The molecule has 0 bridgehead atoms. The molecule has 3 heterocycles. The summed E-state index contributed by atoms with van der Waals surface area (Å²) in [6.45, 7) is 1.27. The Kier molecular flexibility index (Phi) is 4.07. The molecule has 8 heteroatoms. The van der Waals surface area contributed by atoms with Crippen LogP contribution in [-0.4, -0.2) is 44.7 Å². The van der Waals surface area contributed by atoms with E-state index in [0.717, 1.165) is 5.56 Å². The quantitative estimate of drug-likeness (QED) is 0.697. The van der Waals surface area contributed by atoms with Gasteiger partial charge >= 0.3 is 5.69 Å². The number of fused-ring (bicyclic) bond motifs is 1. The lowest BCUT2D eigenvalue weighted by molar-refractivity contribution is -0.0810. The first-order chi connectivity index (χ1) is 12.5. The van der Waals surface area contributed by atoms with Crippen molar-refractivity contribution in [2.45, 2.75) is 43.5 Å². The van der Waals surface area contributed by atoms with E-state index in [1.54, 1.807) is 6.92 Å². The summed E-state index contributed by atoms with van der Waals surface area (Å²) >= 11 is 0. The first kappa shape index (κ1) is 17.2. The van der Waals surface area contributed by atoms with Crippen LogP contribution in [0.5, 0.6) is 0 Å². The summed E-state index contributed by atoms with van der Waals surface area (Å²) < 4.78 is 13.4.